The van der Waals surface area contributed by atoms with Gasteiger partial charge in [0.2, 0.25) is 0 Å². The van der Waals surface area contributed by atoms with Gasteiger partial charge in [-0.15, -0.1) is 0 Å². The lowest BCUT2D eigenvalue weighted by molar-refractivity contribution is 0.254. The first-order valence-electron chi connectivity index (χ1n) is 5.39. The summed E-state index contributed by atoms with van der Waals surface area (Å²) in [6.45, 7) is 1.58. The third-order valence-electron chi connectivity index (χ3n) is 3.80. The molecule has 0 aromatic heterocycles. The maximum Gasteiger partial charge on any atom is 0.123 e. The molecule has 1 aliphatic heterocycles. The minimum absolute atomic E-state index is 0.285. The van der Waals surface area contributed by atoms with Crippen molar-refractivity contribution in [3.05, 3.63) is 28.8 Å². The fourth-order valence-electron chi connectivity index (χ4n) is 2.82. The zero-order valence-electron chi connectivity index (χ0n) is 8.50. The van der Waals surface area contributed by atoms with Crippen LogP contribution in [0.1, 0.15) is 18.4 Å². The van der Waals surface area contributed by atoms with E-state index in [9.17, 15) is 0 Å². The molecule has 0 bridgehead atoms. The number of fused-ring (bicyclic) bond motifs is 2. The summed E-state index contributed by atoms with van der Waals surface area (Å²) in [5.41, 5.74) is 7.32. The van der Waals surface area contributed by atoms with E-state index >= 15 is 0 Å². The van der Waals surface area contributed by atoms with Gasteiger partial charge in [0.1, 0.15) is 5.75 Å². The summed E-state index contributed by atoms with van der Waals surface area (Å²) in [5.74, 6) is 1.63. The van der Waals surface area contributed by atoms with Crippen molar-refractivity contribution in [3.8, 4) is 5.75 Å². The van der Waals surface area contributed by atoms with Gasteiger partial charge in [0.05, 0.1) is 6.61 Å². The van der Waals surface area contributed by atoms with Crippen molar-refractivity contribution in [1.29, 1.82) is 0 Å². The van der Waals surface area contributed by atoms with Gasteiger partial charge in [-0.25, -0.2) is 0 Å². The summed E-state index contributed by atoms with van der Waals surface area (Å²) in [6, 6.07) is 5.91. The van der Waals surface area contributed by atoms with E-state index in [0.717, 1.165) is 30.3 Å². The molecule has 15 heavy (non-hydrogen) atoms. The van der Waals surface area contributed by atoms with Gasteiger partial charge < -0.3 is 10.5 Å². The Morgan fingerprint density at radius 2 is 2.40 bits per heavy atom. The maximum absolute atomic E-state index is 6.04. The molecule has 2 nitrogen and oxygen atoms in total. The van der Waals surface area contributed by atoms with Crippen LogP contribution in [0.4, 0.5) is 0 Å². The molecule has 1 fully saturated rings. The summed E-state index contributed by atoms with van der Waals surface area (Å²) in [5, 5.41) is 0.793. The van der Waals surface area contributed by atoms with Crippen molar-refractivity contribution in [2.75, 3.05) is 13.2 Å². The van der Waals surface area contributed by atoms with E-state index in [4.69, 9.17) is 22.1 Å². The fraction of sp³-hybridized carbons (Fsp3) is 0.500. The van der Waals surface area contributed by atoms with Crippen LogP contribution in [0, 0.1) is 5.92 Å². The number of halogens is 1. The Bertz CT molecular complexity index is 407. The first-order valence-corrected chi connectivity index (χ1v) is 5.77. The number of hydrogen-bond donors (Lipinski definition) is 1. The van der Waals surface area contributed by atoms with Crippen LogP contribution in [0.5, 0.6) is 5.75 Å². The van der Waals surface area contributed by atoms with Crippen LogP contribution >= 0.6 is 11.6 Å². The summed E-state index contributed by atoms with van der Waals surface area (Å²) >= 11 is 6.04. The van der Waals surface area contributed by atoms with E-state index < -0.39 is 0 Å². The Kier molecular flexibility index (Phi) is 1.98. The molecule has 0 saturated heterocycles. The Morgan fingerprint density at radius 3 is 3.13 bits per heavy atom. The third kappa shape index (κ3) is 1.28. The van der Waals surface area contributed by atoms with Crippen LogP contribution in [0.3, 0.4) is 0 Å². The minimum atomic E-state index is 0.285. The monoisotopic (exact) mass is 223 g/mol. The summed E-state index contributed by atoms with van der Waals surface area (Å²) in [4.78, 5) is 0. The van der Waals surface area contributed by atoms with Gasteiger partial charge in [0.25, 0.3) is 0 Å². The average molecular weight is 224 g/mol. The van der Waals surface area contributed by atoms with Crippen molar-refractivity contribution in [1.82, 2.24) is 0 Å². The summed E-state index contributed by atoms with van der Waals surface area (Å²) in [6.07, 6.45) is 2.28. The number of hydrogen-bond acceptors (Lipinski definition) is 2. The highest BCUT2D eigenvalue weighted by Crippen LogP contribution is 2.60. The topological polar surface area (TPSA) is 35.2 Å². The molecule has 1 aromatic carbocycles. The molecule has 0 radical (unpaired) electrons. The minimum Gasteiger partial charge on any atom is -0.493 e. The maximum atomic E-state index is 6.04. The van der Waals surface area contributed by atoms with Crippen LogP contribution in [-0.4, -0.2) is 13.2 Å². The Labute approximate surface area is 94.4 Å². The zero-order valence-corrected chi connectivity index (χ0v) is 9.26. The molecular weight excluding hydrogens is 210 g/mol. The largest absolute Gasteiger partial charge is 0.493 e. The molecule has 3 heteroatoms. The van der Waals surface area contributed by atoms with Gasteiger partial charge in [-0.1, -0.05) is 11.6 Å². The molecule has 2 aliphatic rings. The van der Waals surface area contributed by atoms with E-state index in [1.807, 2.05) is 18.2 Å². The second-order valence-corrected chi connectivity index (χ2v) is 4.97. The summed E-state index contributed by atoms with van der Waals surface area (Å²) in [7, 11) is 0. The predicted molar refractivity (Wildman–Crippen MR) is 60.4 cm³/mol. The molecule has 1 aromatic rings. The van der Waals surface area contributed by atoms with Crippen LogP contribution < -0.4 is 10.5 Å². The Morgan fingerprint density at radius 1 is 1.53 bits per heavy atom. The number of benzene rings is 1. The Balaban J connectivity index is 2.07. The van der Waals surface area contributed by atoms with Crippen molar-refractivity contribution < 1.29 is 4.74 Å². The van der Waals surface area contributed by atoms with E-state index in [1.54, 1.807) is 0 Å². The number of ether oxygens (including phenoxy) is 1. The quantitative estimate of drug-likeness (QED) is 0.793. The molecule has 1 saturated carbocycles. The van der Waals surface area contributed by atoms with E-state index in [0.29, 0.717) is 5.92 Å². The highest BCUT2D eigenvalue weighted by Gasteiger charge is 2.56. The lowest BCUT2D eigenvalue weighted by Gasteiger charge is -2.27. The standard InChI is InChI=1S/C12H14ClNO/c13-9-1-2-11-10(5-9)12(3-4-15-11)6-8(12)7-14/h1-2,5,8H,3-4,6-7,14H2/t8-,12-/m1/s1. The molecule has 1 aliphatic carbocycles. The van der Waals surface area contributed by atoms with E-state index in [2.05, 4.69) is 0 Å². The number of nitrogens with two attached hydrogens (primary N) is 1. The van der Waals surface area contributed by atoms with Gasteiger partial charge in [-0.05, 0) is 43.5 Å². The van der Waals surface area contributed by atoms with Crippen molar-refractivity contribution in [2.45, 2.75) is 18.3 Å². The van der Waals surface area contributed by atoms with E-state index in [1.165, 1.54) is 12.0 Å². The highest BCUT2D eigenvalue weighted by molar-refractivity contribution is 6.30. The molecule has 1 spiro atoms. The first-order chi connectivity index (χ1) is 7.26. The lowest BCUT2D eigenvalue weighted by atomic mass is 9.87. The molecule has 3 rings (SSSR count). The van der Waals surface area contributed by atoms with Gasteiger partial charge in [0, 0.05) is 16.0 Å². The molecule has 2 atom stereocenters. The average Bonchev–Trinajstić information content (AvgIpc) is 2.94. The molecule has 0 amide bonds. The van der Waals surface area contributed by atoms with Gasteiger partial charge in [-0.2, -0.15) is 0 Å². The van der Waals surface area contributed by atoms with Crippen LogP contribution in [0.2, 0.25) is 5.02 Å². The fourth-order valence-corrected chi connectivity index (χ4v) is 2.99. The predicted octanol–water partition coefficient (Wildman–Crippen LogP) is 2.34. The smallest absolute Gasteiger partial charge is 0.123 e. The normalized spacial score (nSPS) is 32.3. The van der Waals surface area contributed by atoms with Crippen LogP contribution in [-0.2, 0) is 5.41 Å². The van der Waals surface area contributed by atoms with E-state index in [-0.39, 0.29) is 5.41 Å². The second-order valence-electron chi connectivity index (χ2n) is 4.53. The lowest BCUT2D eigenvalue weighted by Crippen LogP contribution is -2.24. The van der Waals surface area contributed by atoms with Crippen LogP contribution in [0.25, 0.3) is 0 Å². The van der Waals surface area contributed by atoms with Crippen molar-refractivity contribution >= 4 is 11.6 Å². The van der Waals surface area contributed by atoms with Crippen molar-refractivity contribution in [3.63, 3.8) is 0 Å². The Hall–Kier alpha value is -0.730. The van der Waals surface area contributed by atoms with Gasteiger partial charge in [-0.3, -0.25) is 0 Å². The molecule has 2 N–H and O–H groups in total. The van der Waals surface area contributed by atoms with Gasteiger partial charge in [0.15, 0.2) is 0 Å². The first kappa shape index (κ1) is 9.49. The van der Waals surface area contributed by atoms with Gasteiger partial charge >= 0.3 is 0 Å². The summed E-state index contributed by atoms with van der Waals surface area (Å²) < 4.78 is 5.65. The highest BCUT2D eigenvalue weighted by atomic mass is 35.5. The molecule has 1 heterocycles. The number of rotatable bonds is 1. The second kappa shape index (κ2) is 3.13. The molecule has 80 valence electrons. The molecular formula is C12H14ClNO. The van der Waals surface area contributed by atoms with Crippen molar-refractivity contribution in [2.24, 2.45) is 11.7 Å². The third-order valence-corrected chi connectivity index (χ3v) is 4.04. The SMILES string of the molecule is NC[C@H]1C[C@]12CCOc1ccc(Cl)cc12. The van der Waals surface area contributed by atoms with Crippen LogP contribution in [0.15, 0.2) is 18.2 Å². The zero-order chi connectivity index (χ0) is 10.5. The molecule has 0 unspecified atom stereocenters.